The van der Waals surface area contributed by atoms with Crippen molar-refractivity contribution in [2.45, 2.75) is 12.5 Å². The van der Waals surface area contributed by atoms with Crippen molar-refractivity contribution in [1.29, 1.82) is 0 Å². The monoisotopic (exact) mass is 419 g/mol. The van der Waals surface area contributed by atoms with E-state index in [1.54, 1.807) is 7.11 Å². The molecule has 2 amide bonds. The number of carbonyl (C=O) groups is 2. The Morgan fingerprint density at radius 3 is 2.32 bits per heavy atom. The normalized spacial score (nSPS) is 11.9. The zero-order chi connectivity index (χ0) is 22.2. The third-order valence-corrected chi connectivity index (χ3v) is 5.29. The minimum Gasteiger partial charge on any atom is -0.497 e. The van der Waals surface area contributed by atoms with Crippen LogP contribution in [-0.2, 0) is 16.0 Å². The van der Waals surface area contributed by atoms with E-state index in [9.17, 15) is 9.59 Å². The topological polar surface area (TPSA) is 70.7 Å². The minimum atomic E-state index is -0.216. The SMILES string of the molecule is COc1ccc([C@H](CNC(=O)CNC(=O)Cc2cccc3ccccc23)N(C)C)cc1. The molecule has 0 saturated heterocycles. The average Bonchev–Trinajstić information content (AvgIpc) is 2.78. The van der Waals surface area contributed by atoms with E-state index < -0.39 is 0 Å². The summed E-state index contributed by atoms with van der Waals surface area (Å²) in [6, 6.07) is 21.7. The number of nitrogens with one attached hydrogen (secondary N) is 2. The highest BCUT2D eigenvalue weighted by molar-refractivity contribution is 5.91. The van der Waals surface area contributed by atoms with Crippen LogP contribution in [0.4, 0.5) is 0 Å². The lowest BCUT2D eigenvalue weighted by atomic mass is 10.0. The molecule has 0 spiro atoms. The molecule has 0 aliphatic carbocycles. The lowest BCUT2D eigenvalue weighted by Crippen LogP contribution is -2.41. The maximum Gasteiger partial charge on any atom is 0.239 e. The van der Waals surface area contributed by atoms with E-state index >= 15 is 0 Å². The number of nitrogens with zero attached hydrogens (tertiary/aromatic N) is 1. The van der Waals surface area contributed by atoms with Crippen LogP contribution in [0, 0.1) is 0 Å². The summed E-state index contributed by atoms with van der Waals surface area (Å²) in [5.74, 6) is 0.400. The van der Waals surface area contributed by atoms with E-state index in [1.165, 1.54) is 0 Å². The van der Waals surface area contributed by atoms with Gasteiger partial charge in [0, 0.05) is 6.54 Å². The zero-order valence-electron chi connectivity index (χ0n) is 18.2. The van der Waals surface area contributed by atoms with Crippen LogP contribution in [0.5, 0.6) is 5.75 Å². The molecule has 0 aromatic heterocycles. The van der Waals surface area contributed by atoms with Gasteiger partial charge in [-0.15, -0.1) is 0 Å². The summed E-state index contributed by atoms with van der Waals surface area (Å²) >= 11 is 0. The number of rotatable bonds is 9. The molecule has 0 radical (unpaired) electrons. The highest BCUT2D eigenvalue weighted by atomic mass is 16.5. The van der Waals surface area contributed by atoms with Crippen LogP contribution in [-0.4, -0.2) is 51.0 Å². The Bertz CT molecular complexity index is 1030. The Hall–Kier alpha value is -3.38. The molecule has 0 saturated carbocycles. The van der Waals surface area contributed by atoms with Crippen LogP contribution in [0.25, 0.3) is 10.8 Å². The average molecular weight is 420 g/mol. The fourth-order valence-corrected chi connectivity index (χ4v) is 3.56. The van der Waals surface area contributed by atoms with E-state index in [-0.39, 0.29) is 30.8 Å². The van der Waals surface area contributed by atoms with Gasteiger partial charge in [0.05, 0.1) is 26.1 Å². The van der Waals surface area contributed by atoms with Gasteiger partial charge in [0.25, 0.3) is 0 Å². The number of carbonyl (C=O) groups excluding carboxylic acids is 2. The first-order valence-corrected chi connectivity index (χ1v) is 10.3. The molecule has 3 aromatic rings. The number of amides is 2. The van der Waals surface area contributed by atoms with Gasteiger partial charge in [-0.25, -0.2) is 0 Å². The van der Waals surface area contributed by atoms with Crippen molar-refractivity contribution in [2.24, 2.45) is 0 Å². The number of hydrogen-bond donors (Lipinski definition) is 2. The Balaban J connectivity index is 1.51. The predicted octanol–water partition coefficient (Wildman–Crippen LogP) is 2.93. The second-order valence-corrected chi connectivity index (χ2v) is 7.65. The number of methoxy groups -OCH3 is 1. The molecule has 0 unspecified atom stereocenters. The van der Waals surface area contributed by atoms with E-state index in [0.717, 1.165) is 27.6 Å². The summed E-state index contributed by atoms with van der Waals surface area (Å²) in [4.78, 5) is 26.7. The lowest BCUT2D eigenvalue weighted by molar-refractivity contribution is -0.125. The summed E-state index contributed by atoms with van der Waals surface area (Å²) in [7, 11) is 5.56. The molecule has 0 aliphatic heterocycles. The molecule has 162 valence electrons. The van der Waals surface area contributed by atoms with Crippen LogP contribution in [0.15, 0.2) is 66.7 Å². The highest BCUT2D eigenvalue weighted by Gasteiger charge is 2.16. The van der Waals surface area contributed by atoms with Crippen molar-refractivity contribution < 1.29 is 14.3 Å². The number of fused-ring (bicyclic) bond motifs is 1. The van der Waals surface area contributed by atoms with Crippen molar-refractivity contribution in [2.75, 3.05) is 34.3 Å². The molecule has 0 bridgehead atoms. The number of benzene rings is 3. The summed E-state index contributed by atoms with van der Waals surface area (Å²) in [5.41, 5.74) is 2.02. The Morgan fingerprint density at radius 1 is 0.903 bits per heavy atom. The molecule has 2 N–H and O–H groups in total. The van der Waals surface area contributed by atoms with Gasteiger partial charge in [-0.05, 0) is 48.1 Å². The fraction of sp³-hybridized carbons (Fsp3) is 0.280. The van der Waals surface area contributed by atoms with E-state index in [0.29, 0.717) is 6.54 Å². The van der Waals surface area contributed by atoms with Crippen molar-refractivity contribution >= 4 is 22.6 Å². The van der Waals surface area contributed by atoms with E-state index in [4.69, 9.17) is 4.74 Å². The quantitative estimate of drug-likeness (QED) is 0.560. The molecule has 6 nitrogen and oxygen atoms in total. The summed E-state index contributed by atoms with van der Waals surface area (Å²) in [6.07, 6.45) is 0.237. The van der Waals surface area contributed by atoms with Crippen molar-refractivity contribution in [3.63, 3.8) is 0 Å². The van der Waals surface area contributed by atoms with Crippen LogP contribution in [0.3, 0.4) is 0 Å². The smallest absolute Gasteiger partial charge is 0.239 e. The highest BCUT2D eigenvalue weighted by Crippen LogP contribution is 2.21. The third kappa shape index (κ3) is 6.06. The third-order valence-electron chi connectivity index (χ3n) is 5.29. The molecule has 0 heterocycles. The van der Waals surface area contributed by atoms with Crippen LogP contribution in [0.1, 0.15) is 17.2 Å². The summed E-state index contributed by atoms with van der Waals surface area (Å²) < 4.78 is 5.20. The van der Waals surface area contributed by atoms with Gasteiger partial charge >= 0.3 is 0 Å². The molecule has 0 aliphatic rings. The van der Waals surface area contributed by atoms with Crippen LogP contribution in [0.2, 0.25) is 0 Å². The number of likely N-dealkylation sites (N-methyl/N-ethyl adjacent to an activating group) is 1. The summed E-state index contributed by atoms with van der Waals surface area (Å²) in [5, 5.41) is 7.79. The number of hydrogen-bond acceptors (Lipinski definition) is 4. The van der Waals surface area contributed by atoms with Gasteiger partial charge in [-0.2, -0.15) is 0 Å². The first-order valence-electron chi connectivity index (χ1n) is 10.3. The Kier molecular flexibility index (Phi) is 7.62. The minimum absolute atomic E-state index is 0.0150. The zero-order valence-corrected chi connectivity index (χ0v) is 18.2. The van der Waals surface area contributed by atoms with E-state index in [2.05, 4.69) is 10.6 Å². The molecule has 1 atom stereocenters. The first-order chi connectivity index (χ1) is 15.0. The maximum absolute atomic E-state index is 12.4. The fourth-order valence-electron chi connectivity index (χ4n) is 3.56. The van der Waals surface area contributed by atoms with Gasteiger partial charge in [0.2, 0.25) is 11.8 Å². The molecule has 3 aromatic carbocycles. The lowest BCUT2D eigenvalue weighted by Gasteiger charge is -2.25. The van der Waals surface area contributed by atoms with Crippen LogP contribution < -0.4 is 15.4 Å². The predicted molar refractivity (Wildman–Crippen MR) is 123 cm³/mol. The molecule has 31 heavy (non-hydrogen) atoms. The molecular weight excluding hydrogens is 390 g/mol. The van der Waals surface area contributed by atoms with Gasteiger partial charge < -0.3 is 20.3 Å². The van der Waals surface area contributed by atoms with Gasteiger partial charge in [0.1, 0.15) is 5.75 Å². The van der Waals surface area contributed by atoms with Gasteiger partial charge in [-0.1, -0.05) is 54.6 Å². The standard InChI is InChI=1S/C25H29N3O3/c1-28(2)23(19-11-13-21(31-3)14-12-19)16-26-25(30)17-27-24(29)15-20-9-6-8-18-7-4-5-10-22(18)20/h4-14,23H,15-17H2,1-3H3,(H,26,30)(H,27,29)/t23-/m0/s1. The first kappa shape index (κ1) is 22.3. The second-order valence-electron chi connectivity index (χ2n) is 7.65. The van der Waals surface area contributed by atoms with Gasteiger partial charge in [-0.3, -0.25) is 9.59 Å². The van der Waals surface area contributed by atoms with Gasteiger partial charge in [0.15, 0.2) is 0 Å². The van der Waals surface area contributed by atoms with E-state index in [1.807, 2.05) is 85.7 Å². The maximum atomic E-state index is 12.4. The second kappa shape index (κ2) is 10.6. The molecule has 6 heteroatoms. The molecular formula is C25H29N3O3. The molecule has 0 fully saturated rings. The van der Waals surface area contributed by atoms with Crippen LogP contribution >= 0.6 is 0 Å². The van der Waals surface area contributed by atoms with Crippen molar-refractivity contribution in [1.82, 2.24) is 15.5 Å². The van der Waals surface area contributed by atoms with Crippen molar-refractivity contribution in [3.05, 3.63) is 77.9 Å². The summed E-state index contributed by atoms with van der Waals surface area (Å²) in [6.45, 7) is 0.393. The Labute approximate surface area is 183 Å². The number of ether oxygens (including phenoxy) is 1. The van der Waals surface area contributed by atoms with Crippen molar-refractivity contribution in [3.8, 4) is 5.75 Å². The largest absolute Gasteiger partial charge is 0.497 e. The Morgan fingerprint density at radius 2 is 1.61 bits per heavy atom. The molecule has 3 rings (SSSR count).